The van der Waals surface area contributed by atoms with Crippen LogP contribution in [-0.4, -0.2) is 28.8 Å². The number of nitrogens with zero attached hydrogens (tertiary/aromatic N) is 2. The molecule has 1 aromatic carbocycles. The van der Waals surface area contributed by atoms with E-state index in [4.69, 9.17) is 0 Å². The second kappa shape index (κ2) is 6.04. The van der Waals surface area contributed by atoms with Gasteiger partial charge in [-0.3, -0.25) is 9.48 Å². The molecule has 2 heterocycles. The number of aromatic nitrogens is 2. The predicted octanol–water partition coefficient (Wildman–Crippen LogP) is 2.02. The first-order valence-corrected chi connectivity index (χ1v) is 7.20. The second-order valence-corrected chi connectivity index (χ2v) is 5.44. The average molecular weight is 324 g/mol. The lowest BCUT2D eigenvalue weighted by Crippen LogP contribution is -2.52. The van der Waals surface area contributed by atoms with Crippen molar-refractivity contribution in [1.29, 1.82) is 0 Å². The molecule has 1 amide bonds. The molecule has 3 rings (SSSR count). The Labute approximate surface area is 130 Å². The van der Waals surface area contributed by atoms with Gasteiger partial charge in [0.25, 0.3) is 5.91 Å². The van der Waals surface area contributed by atoms with Gasteiger partial charge >= 0.3 is 0 Å². The van der Waals surface area contributed by atoms with E-state index in [-0.39, 0.29) is 5.69 Å². The topological polar surface area (TPSA) is 59.0 Å². The zero-order valence-electron chi connectivity index (χ0n) is 12.2. The van der Waals surface area contributed by atoms with Crippen molar-refractivity contribution in [3.63, 3.8) is 0 Å². The van der Waals surface area contributed by atoms with Crippen LogP contribution in [0, 0.1) is 17.5 Å². The van der Waals surface area contributed by atoms with Crippen LogP contribution in [0.4, 0.5) is 18.9 Å². The number of hydrogen-bond donors (Lipinski definition) is 2. The third kappa shape index (κ3) is 2.81. The summed E-state index contributed by atoms with van der Waals surface area (Å²) in [5, 5.41) is 9.77. The summed E-state index contributed by atoms with van der Waals surface area (Å²) in [5.74, 6) is -4.70. The highest BCUT2D eigenvalue weighted by atomic mass is 19.2. The van der Waals surface area contributed by atoms with E-state index in [2.05, 4.69) is 15.7 Å². The molecule has 5 nitrogen and oxygen atoms in total. The number of benzene rings is 1. The van der Waals surface area contributed by atoms with Gasteiger partial charge in [0.05, 0.1) is 0 Å². The number of carbonyl (C=O) groups is 1. The molecule has 8 heteroatoms. The minimum Gasteiger partial charge on any atom is -0.324 e. The zero-order chi connectivity index (χ0) is 16.4. The molecule has 1 fully saturated rings. The van der Waals surface area contributed by atoms with Gasteiger partial charge in [-0.05, 0) is 32.0 Å². The summed E-state index contributed by atoms with van der Waals surface area (Å²) in [7, 11) is 0. The van der Waals surface area contributed by atoms with E-state index in [1.54, 1.807) is 23.1 Å². The fraction of sp³-hybridized carbons (Fsp3) is 0.333. The first-order chi connectivity index (χ1) is 11.0. The van der Waals surface area contributed by atoms with E-state index < -0.39 is 28.9 Å². The third-order valence-electron chi connectivity index (χ3n) is 4.04. The third-order valence-corrected chi connectivity index (χ3v) is 4.04. The van der Waals surface area contributed by atoms with Crippen LogP contribution in [0.25, 0.3) is 0 Å². The predicted molar refractivity (Wildman–Crippen MR) is 77.3 cm³/mol. The molecule has 2 N–H and O–H groups in total. The molecular weight excluding hydrogens is 309 g/mol. The minimum atomic E-state index is -1.56. The van der Waals surface area contributed by atoms with E-state index >= 15 is 0 Å². The molecule has 0 aliphatic carbocycles. The summed E-state index contributed by atoms with van der Waals surface area (Å²) in [6.07, 6.45) is 4.20. The Hall–Kier alpha value is -2.35. The SMILES string of the molecule is O=C(Nc1cc(F)c(F)c(F)c1)C1(n2cccn2)CCNCC1. The molecule has 0 bridgehead atoms. The van der Waals surface area contributed by atoms with E-state index in [0.29, 0.717) is 25.9 Å². The molecule has 1 aliphatic rings. The van der Waals surface area contributed by atoms with Crippen LogP contribution in [0.1, 0.15) is 12.8 Å². The van der Waals surface area contributed by atoms with Crippen LogP contribution in [0.2, 0.25) is 0 Å². The molecule has 0 spiro atoms. The van der Waals surface area contributed by atoms with Gasteiger partial charge in [0, 0.05) is 30.2 Å². The molecule has 1 aromatic heterocycles. The first-order valence-electron chi connectivity index (χ1n) is 7.20. The maximum Gasteiger partial charge on any atom is 0.252 e. The van der Waals surface area contributed by atoms with Gasteiger partial charge in [0.2, 0.25) is 0 Å². The maximum absolute atomic E-state index is 13.3. The molecule has 122 valence electrons. The quantitative estimate of drug-likeness (QED) is 0.849. The van der Waals surface area contributed by atoms with Crippen molar-refractivity contribution in [3.8, 4) is 0 Å². The highest BCUT2D eigenvalue weighted by Gasteiger charge is 2.42. The van der Waals surface area contributed by atoms with Crippen LogP contribution in [0.3, 0.4) is 0 Å². The van der Waals surface area contributed by atoms with Crippen molar-refractivity contribution in [3.05, 3.63) is 48.0 Å². The number of anilines is 1. The van der Waals surface area contributed by atoms with Crippen LogP contribution >= 0.6 is 0 Å². The number of nitrogens with one attached hydrogen (secondary N) is 2. The summed E-state index contributed by atoms with van der Waals surface area (Å²) >= 11 is 0. The van der Waals surface area contributed by atoms with Crippen LogP contribution < -0.4 is 10.6 Å². The Morgan fingerprint density at radius 2 is 1.87 bits per heavy atom. The lowest BCUT2D eigenvalue weighted by molar-refractivity contribution is -0.126. The molecule has 1 saturated heterocycles. The minimum absolute atomic E-state index is 0.128. The maximum atomic E-state index is 13.3. The Bertz CT molecular complexity index is 689. The van der Waals surface area contributed by atoms with Gasteiger partial charge in [-0.1, -0.05) is 0 Å². The molecular formula is C15H15F3N4O. The van der Waals surface area contributed by atoms with E-state index in [9.17, 15) is 18.0 Å². The van der Waals surface area contributed by atoms with Gasteiger partial charge in [-0.15, -0.1) is 0 Å². The van der Waals surface area contributed by atoms with Crippen LogP contribution in [-0.2, 0) is 10.3 Å². The van der Waals surface area contributed by atoms with E-state index in [1.165, 1.54) is 0 Å². The lowest BCUT2D eigenvalue weighted by atomic mass is 9.87. The monoisotopic (exact) mass is 324 g/mol. The average Bonchev–Trinajstić information content (AvgIpc) is 3.08. The lowest BCUT2D eigenvalue weighted by Gasteiger charge is -2.36. The number of amides is 1. The second-order valence-electron chi connectivity index (χ2n) is 5.44. The Morgan fingerprint density at radius 3 is 2.43 bits per heavy atom. The molecule has 0 radical (unpaired) electrons. The van der Waals surface area contributed by atoms with E-state index in [1.807, 2.05) is 0 Å². The fourth-order valence-electron chi connectivity index (χ4n) is 2.80. The van der Waals surface area contributed by atoms with Crippen molar-refractivity contribution in [1.82, 2.24) is 15.1 Å². The molecule has 0 saturated carbocycles. The van der Waals surface area contributed by atoms with Crippen molar-refractivity contribution < 1.29 is 18.0 Å². The Kier molecular flexibility index (Phi) is 4.08. The van der Waals surface area contributed by atoms with E-state index in [0.717, 1.165) is 12.1 Å². The Morgan fingerprint density at radius 1 is 1.22 bits per heavy atom. The number of piperidine rings is 1. The summed E-state index contributed by atoms with van der Waals surface area (Å²) in [6, 6.07) is 3.22. The number of hydrogen-bond acceptors (Lipinski definition) is 3. The molecule has 2 aromatic rings. The Balaban J connectivity index is 1.91. The van der Waals surface area contributed by atoms with Crippen LogP contribution in [0.15, 0.2) is 30.6 Å². The van der Waals surface area contributed by atoms with Gasteiger partial charge in [0.15, 0.2) is 17.5 Å². The number of rotatable bonds is 3. The van der Waals surface area contributed by atoms with Crippen molar-refractivity contribution in [2.24, 2.45) is 0 Å². The number of halogens is 3. The standard InChI is InChI=1S/C15H15F3N4O/c16-11-8-10(9-12(17)13(11)18)21-14(23)15(2-5-19-6-3-15)22-7-1-4-20-22/h1,4,7-9,19H,2-3,5-6H2,(H,21,23). The highest BCUT2D eigenvalue weighted by Crippen LogP contribution is 2.29. The van der Waals surface area contributed by atoms with Gasteiger partial charge in [-0.2, -0.15) is 5.10 Å². The first kappa shape index (κ1) is 15.5. The zero-order valence-corrected chi connectivity index (χ0v) is 12.2. The summed E-state index contributed by atoms with van der Waals surface area (Å²) < 4.78 is 41.2. The molecule has 0 unspecified atom stereocenters. The molecule has 0 atom stereocenters. The molecule has 23 heavy (non-hydrogen) atoms. The smallest absolute Gasteiger partial charge is 0.252 e. The number of carbonyl (C=O) groups excluding carboxylic acids is 1. The summed E-state index contributed by atoms with van der Waals surface area (Å²) in [4.78, 5) is 12.8. The van der Waals surface area contributed by atoms with Gasteiger partial charge < -0.3 is 10.6 Å². The summed E-state index contributed by atoms with van der Waals surface area (Å²) in [6.45, 7) is 1.22. The fourth-order valence-corrected chi connectivity index (χ4v) is 2.80. The van der Waals surface area contributed by atoms with Crippen molar-refractivity contribution in [2.75, 3.05) is 18.4 Å². The summed E-state index contributed by atoms with van der Waals surface area (Å²) in [5.41, 5.74) is -1.08. The van der Waals surface area contributed by atoms with Crippen LogP contribution in [0.5, 0.6) is 0 Å². The normalized spacial score (nSPS) is 17.0. The van der Waals surface area contributed by atoms with Gasteiger partial charge in [-0.25, -0.2) is 13.2 Å². The molecule has 1 aliphatic heterocycles. The largest absolute Gasteiger partial charge is 0.324 e. The van der Waals surface area contributed by atoms with Gasteiger partial charge in [0.1, 0.15) is 5.54 Å². The highest BCUT2D eigenvalue weighted by molar-refractivity contribution is 5.96. The van der Waals surface area contributed by atoms with Crippen molar-refractivity contribution in [2.45, 2.75) is 18.4 Å². The van der Waals surface area contributed by atoms with Crippen molar-refractivity contribution >= 4 is 11.6 Å².